The molecule has 27 heavy (non-hydrogen) atoms. The Labute approximate surface area is 161 Å². The molecule has 3 unspecified atom stereocenters. The molecule has 3 atom stereocenters. The molecule has 1 amide bonds. The molecule has 0 N–H and O–H groups in total. The topological polar surface area (TPSA) is 72.3 Å². The third-order valence-corrected chi connectivity index (χ3v) is 10.4. The Morgan fingerprint density at radius 1 is 1.26 bits per heavy atom. The quantitative estimate of drug-likeness (QED) is 0.793. The molecule has 1 aromatic rings. The van der Waals surface area contributed by atoms with Crippen molar-refractivity contribution in [1.29, 1.82) is 0 Å². The summed E-state index contributed by atoms with van der Waals surface area (Å²) in [5.41, 5.74) is 1.18. The fraction of sp³-hybridized carbons (Fsp3) is 0.800. The van der Waals surface area contributed by atoms with E-state index in [-0.39, 0.29) is 23.0 Å². The first-order valence-electron chi connectivity index (χ1n) is 10.3. The van der Waals surface area contributed by atoms with Crippen LogP contribution in [0.3, 0.4) is 0 Å². The Morgan fingerprint density at radius 2 is 2.04 bits per heavy atom. The molecule has 2 heterocycles. The molecule has 1 aliphatic heterocycles. The van der Waals surface area contributed by atoms with E-state index in [1.807, 2.05) is 11.1 Å². The van der Waals surface area contributed by atoms with E-state index >= 15 is 0 Å². The molecule has 0 radical (unpaired) electrons. The van der Waals surface area contributed by atoms with Crippen molar-refractivity contribution in [2.45, 2.75) is 68.6 Å². The molecular formula is C20H29N3O3S. The van der Waals surface area contributed by atoms with Crippen LogP contribution in [0, 0.1) is 11.8 Å². The fourth-order valence-corrected chi connectivity index (χ4v) is 7.33. The number of nitrogens with zero attached hydrogens (tertiary/aromatic N) is 3. The van der Waals surface area contributed by atoms with Gasteiger partial charge in [0.25, 0.3) is 0 Å². The van der Waals surface area contributed by atoms with Crippen LogP contribution in [0.15, 0.2) is 12.3 Å². The molecule has 0 aromatic carbocycles. The number of hydrogen-bond acceptors (Lipinski definition) is 4. The summed E-state index contributed by atoms with van der Waals surface area (Å²) in [6.45, 7) is 4.15. The lowest BCUT2D eigenvalue weighted by Crippen LogP contribution is -2.60. The zero-order chi connectivity index (χ0) is 19.0. The summed E-state index contributed by atoms with van der Waals surface area (Å²) in [7, 11) is -3.13. The van der Waals surface area contributed by atoms with Crippen molar-refractivity contribution >= 4 is 15.7 Å². The minimum Gasteiger partial charge on any atom is -0.340 e. The number of rotatable bonds is 3. The van der Waals surface area contributed by atoms with Gasteiger partial charge in [-0.3, -0.25) is 9.48 Å². The highest BCUT2D eigenvalue weighted by molar-refractivity contribution is 7.92. The van der Waals surface area contributed by atoms with Crippen molar-refractivity contribution < 1.29 is 13.2 Å². The van der Waals surface area contributed by atoms with Crippen LogP contribution in [0.1, 0.15) is 64.1 Å². The first-order valence-corrected chi connectivity index (χ1v) is 12.0. The van der Waals surface area contributed by atoms with Crippen molar-refractivity contribution in [2.24, 2.45) is 11.8 Å². The van der Waals surface area contributed by atoms with Crippen LogP contribution in [0.5, 0.6) is 0 Å². The van der Waals surface area contributed by atoms with Gasteiger partial charge >= 0.3 is 0 Å². The van der Waals surface area contributed by atoms with Gasteiger partial charge in [0.05, 0.1) is 22.5 Å². The molecular weight excluding hydrogens is 362 g/mol. The van der Waals surface area contributed by atoms with E-state index in [0.29, 0.717) is 25.0 Å². The van der Waals surface area contributed by atoms with E-state index in [2.05, 4.69) is 15.8 Å². The summed E-state index contributed by atoms with van der Waals surface area (Å²) < 4.78 is 26.0. The first kappa shape index (κ1) is 17.7. The summed E-state index contributed by atoms with van der Waals surface area (Å²) in [6, 6.07) is 2.63. The zero-order valence-electron chi connectivity index (χ0n) is 16.2. The zero-order valence-corrected chi connectivity index (χ0v) is 17.0. The molecule has 5 aliphatic rings. The number of fused-ring (bicyclic) bond motifs is 1. The van der Waals surface area contributed by atoms with Gasteiger partial charge in [-0.15, -0.1) is 0 Å². The Hall–Kier alpha value is -1.37. The minimum atomic E-state index is -3.13. The van der Waals surface area contributed by atoms with Gasteiger partial charge in [-0.2, -0.15) is 5.10 Å². The molecule has 6 rings (SSSR count). The second-order valence-corrected chi connectivity index (χ2v) is 12.5. The first-order chi connectivity index (χ1) is 12.8. The van der Waals surface area contributed by atoms with Gasteiger partial charge in [0.1, 0.15) is 0 Å². The lowest BCUT2D eigenvalue weighted by molar-refractivity contribution is -0.144. The summed E-state index contributed by atoms with van der Waals surface area (Å²) in [5, 5.41) is 4.61. The van der Waals surface area contributed by atoms with Crippen molar-refractivity contribution in [3.05, 3.63) is 18.0 Å². The summed E-state index contributed by atoms with van der Waals surface area (Å²) in [5.74, 6) is 0.706. The number of sulfone groups is 1. The molecule has 4 aliphatic carbocycles. The van der Waals surface area contributed by atoms with Gasteiger partial charge < -0.3 is 4.90 Å². The number of aromatic nitrogens is 2. The van der Waals surface area contributed by atoms with Crippen LogP contribution in [0.2, 0.25) is 0 Å². The smallest absolute Gasteiger partial charge is 0.227 e. The van der Waals surface area contributed by atoms with Gasteiger partial charge in [-0.1, -0.05) is 0 Å². The number of amides is 1. The number of carbonyl (C=O) groups excluding carboxylic acids is 1. The van der Waals surface area contributed by atoms with E-state index < -0.39 is 14.6 Å². The predicted molar refractivity (Wildman–Crippen MR) is 102 cm³/mol. The highest BCUT2D eigenvalue weighted by atomic mass is 32.2. The van der Waals surface area contributed by atoms with E-state index in [0.717, 1.165) is 19.3 Å². The average molecular weight is 392 g/mol. The molecule has 7 heteroatoms. The maximum absolute atomic E-state index is 13.5. The normalized spacial score (nSPS) is 36.9. The van der Waals surface area contributed by atoms with Crippen molar-refractivity contribution in [3.8, 4) is 0 Å². The molecule has 1 saturated heterocycles. The largest absolute Gasteiger partial charge is 0.340 e. The van der Waals surface area contributed by atoms with Crippen LogP contribution in [-0.4, -0.2) is 52.6 Å². The number of carbonyl (C=O) groups is 1. The molecule has 5 fully saturated rings. The molecule has 4 saturated carbocycles. The monoisotopic (exact) mass is 391 g/mol. The van der Waals surface area contributed by atoms with Crippen LogP contribution in [0.4, 0.5) is 0 Å². The molecule has 1 aromatic heterocycles. The van der Waals surface area contributed by atoms with Crippen LogP contribution in [0.25, 0.3) is 0 Å². The van der Waals surface area contributed by atoms with Crippen LogP contribution < -0.4 is 0 Å². The summed E-state index contributed by atoms with van der Waals surface area (Å²) >= 11 is 0. The lowest BCUT2D eigenvalue weighted by Gasteiger charge is -2.50. The van der Waals surface area contributed by atoms with E-state index in [1.54, 1.807) is 13.8 Å². The van der Waals surface area contributed by atoms with Crippen molar-refractivity contribution in [2.75, 3.05) is 18.8 Å². The van der Waals surface area contributed by atoms with Gasteiger partial charge in [0, 0.05) is 30.4 Å². The third kappa shape index (κ3) is 2.33. The molecule has 2 bridgehead atoms. The average Bonchev–Trinajstić information content (AvgIpc) is 3.22. The second kappa shape index (κ2) is 5.58. The van der Waals surface area contributed by atoms with Gasteiger partial charge in [-0.25, -0.2) is 8.42 Å². The highest BCUT2D eigenvalue weighted by Crippen LogP contribution is 2.64. The highest BCUT2D eigenvalue weighted by Gasteiger charge is 2.65. The Bertz CT molecular complexity index is 882. The van der Waals surface area contributed by atoms with Gasteiger partial charge in [0.2, 0.25) is 5.91 Å². The second-order valence-electron chi connectivity index (χ2n) is 9.72. The molecule has 0 spiro atoms. The molecule has 148 valence electrons. The third-order valence-electron chi connectivity index (χ3n) is 7.88. The predicted octanol–water partition coefficient (Wildman–Crippen LogP) is 2.31. The van der Waals surface area contributed by atoms with Crippen molar-refractivity contribution in [1.82, 2.24) is 14.7 Å². The fourth-order valence-electron chi connectivity index (χ4n) is 5.96. The molecule has 6 nitrogen and oxygen atoms in total. The van der Waals surface area contributed by atoms with E-state index in [4.69, 9.17) is 0 Å². The maximum atomic E-state index is 13.5. The summed E-state index contributed by atoms with van der Waals surface area (Å²) in [6.07, 6.45) is 8.77. The van der Waals surface area contributed by atoms with E-state index in [9.17, 15) is 13.2 Å². The lowest BCUT2D eigenvalue weighted by atomic mass is 9.57. The number of hydrogen-bond donors (Lipinski definition) is 0. The standard InChI is InChI=1S/C20H29N3O3S/c1-19(2)13-22(10-11-27(19,25)26)18(24)17-14-6-8-20(17,12-14)16-7-9-21-23(16)15-4-3-5-15/h7,9,14-15,17H,3-6,8,10-13H2,1-2H3. The Kier molecular flexibility index (Phi) is 3.66. The van der Waals surface area contributed by atoms with Gasteiger partial charge in [-0.05, 0) is 64.4 Å². The van der Waals surface area contributed by atoms with Gasteiger partial charge in [0.15, 0.2) is 9.84 Å². The van der Waals surface area contributed by atoms with E-state index in [1.165, 1.54) is 25.0 Å². The van der Waals surface area contributed by atoms with Crippen molar-refractivity contribution in [3.63, 3.8) is 0 Å². The van der Waals surface area contributed by atoms with Crippen LogP contribution in [-0.2, 0) is 20.0 Å². The Morgan fingerprint density at radius 3 is 2.67 bits per heavy atom. The minimum absolute atomic E-state index is 0.00429. The van der Waals surface area contributed by atoms with Crippen LogP contribution >= 0.6 is 0 Å². The summed E-state index contributed by atoms with van der Waals surface area (Å²) in [4.78, 5) is 15.3. The Balaban J connectivity index is 1.43. The SMILES string of the molecule is CC1(C)CN(C(=O)C2C3CCC2(c2ccnn2C2CCC2)C3)CCS1(=O)=O. The maximum Gasteiger partial charge on any atom is 0.227 e.